The lowest BCUT2D eigenvalue weighted by atomic mass is 10.1. The van der Waals surface area contributed by atoms with Crippen molar-refractivity contribution in [3.05, 3.63) is 47.0 Å². The molecule has 2 aromatic carbocycles. The smallest absolute Gasteiger partial charge is 0.272 e. The van der Waals surface area contributed by atoms with Crippen LogP contribution in [0.4, 0.5) is 5.13 Å². The van der Waals surface area contributed by atoms with Gasteiger partial charge in [-0.1, -0.05) is 29.0 Å². The third-order valence-electron chi connectivity index (χ3n) is 5.08. The van der Waals surface area contributed by atoms with E-state index in [-0.39, 0.29) is 5.91 Å². The summed E-state index contributed by atoms with van der Waals surface area (Å²) in [7, 11) is 5.67. The first-order chi connectivity index (χ1) is 15.1. The molecule has 3 rings (SSSR count). The molecule has 0 radical (unpaired) electrons. The number of hydrogen-bond donors (Lipinski definition) is 0. The van der Waals surface area contributed by atoms with Crippen LogP contribution in [-0.2, 0) is 4.79 Å². The maximum atomic E-state index is 13.7. The Morgan fingerprint density at radius 1 is 1.12 bits per heavy atom. The highest BCUT2D eigenvalue weighted by molar-refractivity contribution is 7.22. The molecule has 0 bridgehead atoms. The number of rotatable bonds is 9. The normalized spacial score (nSPS) is 11.8. The van der Waals surface area contributed by atoms with Gasteiger partial charge >= 0.3 is 0 Å². The lowest BCUT2D eigenvalue weighted by Gasteiger charge is -2.31. The summed E-state index contributed by atoms with van der Waals surface area (Å²) < 4.78 is 12.6. The second kappa shape index (κ2) is 10.1. The van der Waals surface area contributed by atoms with Gasteiger partial charge in [0.2, 0.25) is 0 Å². The number of hydrogen-bond acceptors (Lipinski definition) is 6. The minimum absolute atomic E-state index is 0.151. The summed E-state index contributed by atoms with van der Waals surface area (Å²) in [5.74, 6) is 1.13. The number of aromatic nitrogens is 1. The summed E-state index contributed by atoms with van der Waals surface area (Å²) in [5, 5.41) is 1.26. The zero-order valence-corrected chi connectivity index (χ0v) is 21.0. The largest absolute Gasteiger partial charge is 0.494 e. The molecule has 3 aromatic rings. The first kappa shape index (κ1) is 24.3. The van der Waals surface area contributed by atoms with Crippen LogP contribution in [0, 0.1) is 6.92 Å². The highest BCUT2D eigenvalue weighted by atomic mass is 35.5. The first-order valence-corrected chi connectivity index (χ1v) is 11.7. The summed E-state index contributed by atoms with van der Waals surface area (Å²) in [6.45, 7) is 6.99. The van der Waals surface area contributed by atoms with E-state index in [2.05, 4.69) is 4.90 Å². The van der Waals surface area contributed by atoms with Gasteiger partial charge in [0.15, 0.2) is 10.7 Å². The summed E-state index contributed by atoms with van der Waals surface area (Å²) in [4.78, 5) is 22.4. The second-order valence-corrected chi connectivity index (χ2v) is 9.85. The van der Waals surface area contributed by atoms with Gasteiger partial charge in [0, 0.05) is 11.6 Å². The fourth-order valence-electron chi connectivity index (χ4n) is 3.37. The van der Waals surface area contributed by atoms with Crippen molar-refractivity contribution in [1.29, 1.82) is 0 Å². The van der Waals surface area contributed by atoms with Crippen LogP contribution in [0.15, 0.2) is 36.4 Å². The van der Waals surface area contributed by atoms with Gasteiger partial charge in [0.1, 0.15) is 17.0 Å². The molecular weight excluding hydrogens is 446 g/mol. The number of halogens is 1. The summed E-state index contributed by atoms with van der Waals surface area (Å²) in [5.41, 5.74) is 0.777. The average molecular weight is 476 g/mol. The molecule has 8 heteroatoms. The van der Waals surface area contributed by atoms with Crippen LogP contribution in [0.5, 0.6) is 11.5 Å². The fourth-order valence-corrected chi connectivity index (χ4v) is 4.58. The minimum Gasteiger partial charge on any atom is -0.494 e. The van der Waals surface area contributed by atoms with Gasteiger partial charge in [0.25, 0.3) is 5.91 Å². The Morgan fingerprint density at radius 3 is 2.44 bits per heavy atom. The van der Waals surface area contributed by atoms with Gasteiger partial charge in [-0.05, 0) is 83.7 Å². The summed E-state index contributed by atoms with van der Waals surface area (Å²) in [6, 6.07) is 10.9. The van der Waals surface area contributed by atoms with E-state index in [0.29, 0.717) is 28.2 Å². The van der Waals surface area contributed by atoms with E-state index in [1.807, 2.05) is 33.2 Å². The Bertz CT molecular complexity index is 1080. The molecule has 0 saturated heterocycles. The monoisotopic (exact) mass is 475 g/mol. The van der Waals surface area contributed by atoms with E-state index >= 15 is 0 Å². The molecule has 6 nitrogen and oxygen atoms in total. The molecule has 0 spiro atoms. The third-order valence-corrected chi connectivity index (χ3v) is 6.54. The van der Waals surface area contributed by atoms with E-state index < -0.39 is 5.60 Å². The zero-order chi connectivity index (χ0) is 23.5. The van der Waals surface area contributed by atoms with E-state index in [0.717, 1.165) is 28.7 Å². The lowest BCUT2D eigenvalue weighted by molar-refractivity contribution is -0.131. The Kier molecular flexibility index (Phi) is 7.64. The molecule has 1 amide bonds. The highest BCUT2D eigenvalue weighted by Gasteiger charge is 2.36. The molecule has 0 unspecified atom stereocenters. The second-order valence-electron chi connectivity index (χ2n) is 8.44. The number of aryl methyl sites for hydroxylation is 1. The van der Waals surface area contributed by atoms with Gasteiger partial charge in [-0.2, -0.15) is 0 Å². The Balaban J connectivity index is 1.96. The number of nitrogens with zero attached hydrogens (tertiary/aromatic N) is 3. The number of fused-ring (bicyclic) bond motifs is 1. The standard InChI is InChI=1S/C24H30ClN3O3S/c1-16-8-13-19(30-6)20-21(16)32-23(26-20)28(15-7-14-27(4)5)22(29)24(2,3)31-18-11-9-17(25)10-12-18/h8-13H,7,14-15H2,1-6H3. The molecule has 32 heavy (non-hydrogen) atoms. The Labute approximate surface area is 198 Å². The molecular formula is C24H30ClN3O3S. The molecule has 0 aliphatic rings. The topological polar surface area (TPSA) is 54.9 Å². The SMILES string of the molecule is COc1ccc(C)c2sc(N(CCCN(C)C)C(=O)C(C)(C)Oc3ccc(Cl)cc3)nc12. The van der Waals surface area contributed by atoms with Crippen molar-refractivity contribution >= 4 is 44.2 Å². The minimum atomic E-state index is -1.09. The van der Waals surface area contributed by atoms with Crippen molar-refractivity contribution in [2.24, 2.45) is 0 Å². The van der Waals surface area contributed by atoms with E-state index in [9.17, 15) is 4.79 Å². The van der Waals surface area contributed by atoms with Gasteiger partial charge in [-0.15, -0.1) is 0 Å². The summed E-state index contributed by atoms with van der Waals surface area (Å²) in [6.07, 6.45) is 0.807. The molecule has 0 N–H and O–H groups in total. The number of amides is 1. The van der Waals surface area contributed by atoms with Crippen LogP contribution >= 0.6 is 22.9 Å². The zero-order valence-electron chi connectivity index (χ0n) is 19.4. The number of methoxy groups -OCH3 is 1. The number of carbonyl (C=O) groups excluding carboxylic acids is 1. The Morgan fingerprint density at radius 2 is 1.81 bits per heavy atom. The van der Waals surface area contributed by atoms with E-state index in [1.165, 1.54) is 11.3 Å². The van der Waals surface area contributed by atoms with Crippen LogP contribution < -0.4 is 14.4 Å². The molecule has 0 aliphatic carbocycles. The molecule has 0 fully saturated rings. The maximum absolute atomic E-state index is 13.7. The van der Waals surface area contributed by atoms with Crippen molar-refractivity contribution in [3.63, 3.8) is 0 Å². The lowest BCUT2D eigenvalue weighted by Crippen LogP contribution is -2.49. The fraction of sp³-hybridized carbons (Fsp3) is 0.417. The van der Waals surface area contributed by atoms with Gasteiger partial charge in [0.05, 0.1) is 11.8 Å². The van der Waals surface area contributed by atoms with E-state index in [4.69, 9.17) is 26.1 Å². The van der Waals surface area contributed by atoms with Crippen molar-refractivity contribution in [3.8, 4) is 11.5 Å². The van der Waals surface area contributed by atoms with Crippen LogP contribution in [0.2, 0.25) is 5.02 Å². The van der Waals surface area contributed by atoms with Gasteiger partial charge in [-0.3, -0.25) is 9.69 Å². The molecule has 1 aromatic heterocycles. The van der Waals surface area contributed by atoms with Crippen molar-refractivity contribution < 1.29 is 14.3 Å². The third kappa shape index (κ3) is 5.52. The van der Waals surface area contributed by atoms with Crippen LogP contribution in [-0.4, -0.2) is 55.7 Å². The molecule has 1 heterocycles. The summed E-state index contributed by atoms with van der Waals surface area (Å²) >= 11 is 7.48. The first-order valence-electron chi connectivity index (χ1n) is 10.5. The maximum Gasteiger partial charge on any atom is 0.272 e. The van der Waals surface area contributed by atoms with Crippen molar-refractivity contribution in [1.82, 2.24) is 9.88 Å². The Hall–Kier alpha value is -2.35. The number of benzene rings is 2. The number of carbonyl (C=O) groups is 1. The van der Waals surface area contributed by atoms with Crippen LogP contribution in [0.3, 0.4) is 0 Å². The highest BCUT2D eigenvalue weighted by Crippen LogP contribution is 2.37. The average Bonchev–Trinajstić information content (AvgIpc) is 3.18. The quantitative estimate of drug-likeness (QED) is 0.414. The van der Waals surface area contributed by atoms with Crippen LogP contribution in [0.25, 0.3) is 10.2 Å². The molecule has 0 atom stereocenters. The van der Waals surface area contributed by atoms with Gasteiger partial charge in [-0.25, -0.2) is 4.98 Å². The van der Waals surface area contributed by atoms with Crippen molar-refractivity contribution in [2.75, 3.05) is 39.2 Å². The molecule has 0 aliphatic heterocycles. The van der Waals surface area contributed by atoms with Crippen LogP contribution in [0.1, 0.15) is 25.8 Å². The number of ether oxygens (including phenoxy) is 2. The van der Waals surface area contributed by atoms with Crippen molar-refractivity contribution in [2.45, 2.75) is 32.8 Å². The van der Waals surface area contributed by atoms with Gasteiger partial charge < -0.3 is 14.4 Å². The number of anilines is 1. The molecule has 172 valence electrons. The number of thiazole rings is 1. The predicted molar refractivity (Wildman–Crippen MR) is 133 cm³/mol. The predicted octanol–water partition coefficient (Wildman–Crippen LogP) is 5.41. The molecule has 0 saturated carbocycles. The van der Waals surface area contributed by atoms with E-state index in [1.54, 1.807) is 50.1 Å².